The highest BCUT2D eigenvalue weighted by atomic mass is 19.2. The number of fused-ring (bicyclic) bond motifs is 1. The summed E-state index contributed by atoms with van der Waals surface area (Å²) in [6.07, 6.45) is 1.56. The first-order chi connectivity index (χ1) is 16.3. The lowest BCUT2D eigenvalue weighted by Gasteiger charge is -2.21. The van der Waals surface area contributed by atoms with Crippen LogP contribution in [0.5, 0.6) is 5.88 Å². The quantitative estimate of drug-likeness (QED) is 0.586. The zero-order valence-electron chi connectivity index (χ0n) is 18.5. The lowest BCUT2D eigenvalue weighted by atomic mass is 10.1. The Morgan fingerprint density at radius 2 is 1.94 bits per heavy atom. The number of nitrogens with one attached hydrogen (secondary N) is 1. The molecule has 1 aliphatic heterocycles. The highest BCUT2D eigenvalue weighted by Gasteiger charge is 2.24. The van der Waals surface area contributed by atoms with Gasteiger partial charge in [-0.2, -0.15) is 0 Å². The van der Waals surface area contributed by atoms with Gasteiger partial charge in [-0.1, -0.05) is 6.07 Å². The molecule has 4 rings (SSSR count). The number of methoxy groups -OCH3 is 1. The number of amides is 1. The summed E-state index contributed by atoms with van der Waals surface area (Å²) < 4.78 is 34.2. The minimum atomic E-state index is -1.07. The SMILES string of the molecule is COc1cc(CNC(=O)C2=NCc3c(C)c(=O)n(Cc4ccc(F)c(F)c4)c(=O)n3C2)ccn1. The van der Waals surface area contributed by atoms with E-state index in [1.807, 2.05) is 0 Å². The van der Waals surface area contributed by atoms with Gasteiger partial charge in [-0.25, -0.2) is 18.6 Å². The van der Waals surface area contributed by atoms with Crippen molar-refractivity contribution in [3.8, 4) is 5.88 Å². The lowest BCUT2D eigenvalue weighted by molar-refractivity contribution is -0.115. The van der Waals surface area contributed by atoms with Crippen LogP contribution in [0.25, 0.3) is 0 Å². The van der Waals surface area contributed by atoms with Crippen molar-refractivity contribution in [3.05, 3.63) is 91.4 Å². The lowest BCUT2D eigenvalue weighted by Crippen LogP contribution is -2.47. The van der Waals surface area contributed by atoms with E-state index in [0.717, 1.165) is 22.3 Å². The molecule has 9 nitrogen and oxygen atoms in total. The van der Waals surface area contributed by atoms with Gasteiger partial charge in [-0.15, -0.1) is 0 Å². The molecule has 2 aromatic heterocycles. The summed E-state index contributed by atoms with van der Waals surface area (Å²) in [4.78, 5) is 46.9. The van der Waals surface area contributed by atoms with Crippen LogP contribution in [0.4, 0.5) is 8.78 Å². The topological polar surface area (TPSA) is 108 Å². The molecule has 11 heteroatoms. The molecular weight excluding hydrogens is 448 g/mol. The molecule has 34 heavy (non-hydrogen) atoms. The van der Waals surface area contributed by atoms with Gasteiger partial charge in [-0.3, -0.25) is 23.7 Å². The number of pyridine rings is 1. The normalized spacial score (nSPS) is 12.6. The maximum absolute atomic E-state index is 13.6. The average molecular weight is 469 g/mol. The largest absolute Gasteiger partial charge is 0.481 e. The molecule has 0 saturated carbocycles. The number of hydrogen-bond acceptors (Lipinski definition) is 6. The van der Waals surface area contributed by atoms with Crippen LogP contribution < -0.4 is 21.3 Å². The van der Waals surface area contributed by atoms with Crippen LogP contribution in [-0.2, 0) is 31.0 Å². The molecule has 0 spiro atoms. The minimum absolute atomic E-state index is 0.00579. The van der Waals surface area contributed by atoms with Gasteiger partial charge < -0.3 is 10.1 Å². The summed E-state index contributed by atoms with van der Waals surface area (Å²) in [5.74, 6) is -2.13. The molecule has 0 bridgehead atoms. The number of nitrogens with zero attached hydrogens (tertiary/aromatic N) is 4. The Kier molecular flexibility index (Phi) is 6.35. The van der Waals surface area contributed by atoms with Crippen molar-refractivity contribution in [2.45, 2.75) is 33.1 Å². The van der Waals surface area contributed by atoms with Gasteiger partial charge in [0.05, 0.1) is 32.4 Å². The van der Waals surface area contributed by atoms with E-state index in [0.29, 0.717) is 17.1 Å². The zero-order valence-corrected chi connectivity index (χ0v) is 18.5. The number of hydrogen-bond donors (Lipinski definition) is 1. The van der Waals surface area contributed by atoms with E-state index in [1.54, 1.807) is 25.3 Å². The van der Waals surface area contributed by atoms with E-state index >= 15 is 0 Å². The second kappa shape index (κ2) is 9.38. The third kappa shape index (κ3) is 4.49. The number of carbonyl (C=O) groups is 1. The number of aliphatic imine (C=N–C) groups is 1. The summed E-state index contributed by atoms with van der Waals surface area (Å²) in [7, 11) is 1.49. The fourth-order valence-electron chi connectivity index (χ4n) is 3.67. The molecule has 0 aliphatic carbocycles. The summed E-state index contributed by atoms with van der Waals surface area (Å²) >= 11 is 0. The molecule has 1 aromatic carbocycles. The van der Waals surface area contributed by atoms with Crippen LogP contribution in [0, 0.1) is 18.6 Å². The number of halogens is 2. The zero-order chi connectivity index (χ0) is 24.4. The van der Waals surface area contributed by atoms with Gasteiger partial charge in [0.25, 0.3) is 11.5 Å². The first kappa shape index (κ1) is 23.0. The molecule has 1 aliphatic rings. The van der Waals surface area contributed by atoms with Gasteiger partial charge in [-0.05, 0) is 36.2 Å². The Hall–Kier alpha value is -4.15. The van der Waals surface area contributed by atoms with Gasteiger partial charge >= 0.3 is 5.69 Å². The average Bonchev–Trinajstić information content (AvgIpc) is 2.85. The number of benzene rings is 1. The molecule has 0 fully saturated rings. The summed E-state index contributed by atoms with van der Waals surface area (Å²) in [6.45, 7) is 1.39. The Labute approximate surface area is 192 Å². The first-order valence-electron chi connectivity index (χ1n) is 10.4. The van der Waals surface area contributed by atoms with E-state index in [1.165, 1.54) is 17.7 Å². The van der Waals surface area contributed by atoms with Gasteiger partial charge in [0, 0.05) is 24.4 Å². The van der Waals surface area contributed by atoms with Gasteiger partial charge in [0.2, 0.25) is 5.88 Å². The van der Waals surface area contributed by atoms with Crippen molar-refractivity contribution >= 4 is 11.6 Å². The first-order valence-corrected chi connectivity index (χ1v) is 10.4. The molecule has 0 unspecified atom stereocenters. The van der Waals surface area contributed by atoms with Crippen LogP contribution in [0.1, 0.15) is 22.4 Å². The third-order valence-electron chi connectivity index (χ3n) is 5.56. The molecule has 0 radical (unpaired) electrons. The summed E-state index contributed by atoms with van der Waals surface area (Å²) in [6, 6.07) is 6.59. The summed E-state index contributed by atoms with van der Waals surface area (Å²) in [5.41, 5.74) is 0.665. The highest BCUT2D eigenvalue weighted by molar-refractivity contribution is 6.38. The van der Waals surface area contributed by atoms with Crippen molar-refractivity contribution in [3.63, 3.8) is 0 Å². The van der Waals surface area contributed by atoms with Crippen LogP contribution in [0.3, 0.4) is 0 Å². The van der Waals surface area contributed by atoms with Crippen molar-refractivity contribution in [2.75, 3.05) is 7.11 Å². The number of aromatic nitrogens is 3. The molecule has 1 N–H and O–H groups in total. The molecular formula is C23H21F2N5O4. The van der Waals surface area contributed by atoms with Crippen molar-refractivity contribution < 1.29 is 18.3 Å². The van der Waals surface area contributed by atoms with Crippen LogP contribution in [-0.4, -0.2) is 32.8 Å². The molecule has 0 atom stereocenters. The van der Waals surface area contributed by atoms with Gasteiger partial charge in [0.1, 0.15) is 5.71 Å². The highest BCUT2D eigenvalue weighted by Crippen LogP contribution is 2.13. The van der Waals surface area contributed by atoms with Crippen LogP contribution in [0.2, 0.25) is 0 Å². The molecule has 176 valence electrons. The minimum Gasteiger partial charge on any atom is -0.481 e. The fraction of sp³-hybridized carbons (Fsp3) is 0.261. The maximum atomic E-state index is 13.6. The third-order valence-corrected chi connectivity index (χ3v) is 5.56. The Balaban J connectivity index is 1.56. The maximum Gasteiger partial charge on any atom is 0.331 e. The second-order valence-electron chi connectivity index (χ2n) is 7.73. The fourth-order valence-corrected chi connectivity index (χ4v) is 3.67. The number of ether oxygens (including phenoxy) is 1. The van der Waals surface area contributed by atoms with Crippen LogP contribution in [0.15, 0.2) is 51.1 Å². The molecule has 0 saturated heterocycles. The number of rotatable bonds is 6. The Morgan fingerprint density at radius 3 is 2.68 bits per heavy atom. The smallest absolute Gasteiger partial charge is 0.331 e. The standard InChI is InChI=1S/C23H21F2N5O4/c1-13-19-10-27-18(21(31)28-9-14-5-6-26-20(8-14)34-2)12-29(19)23(33)30(22(13)32)11-15-3-4-16(24)17(25)7-15/h3-8H,9-12H2,1-2H3,(H,28,31). The van der Waals surface area contributed by atoms with Crippen molar-refractivity contribution in [1.82, 2.24) is 19.4 Å². The van der Waals surface area contributed by atoms with Crippen LogP contribution >= 0.6 is 0 Å². The molecule has 3 aromatic rings. The summed E-state index contributed by atoms with van der Waals surface area (Å²) in [5, 5.41) is 2.75. The van der Waals surface area contributed by atoms with E-state index in [-0.39, 0.29) is 37.5 Å². The second-order valence-corrected chi connectivity index (χ2v) is 7.73. The Bertz CT molecular complexity index is 1430. The van der Waals surface area contributed by atoms with Gasteiger partial charge in [0.15, 0.2) is 11.6 Å². The van der Waals surface area contributed by atoms with E-state index in [9.17, 15) is 23.2 Å². The van der Waals surface area contributed by atoms with Crippen molar-refractivity contribution in [1.29, 1.82) is 0 Å². The predicted molar refractivity (Wildman–Crippen MR) is 119 cm³/mol. The van der Waals surface area contributed by atoms with E-state index in [4.69, 9.17) is 4.74 Å². The Morgan fingerprint density at radius 1 is 1.15 bits per heavy atom. The molecule has 1 amide bonds. The van der Waals surface area contributed by atoms with E-state index < -0.39 is 28.8 Å². The monoisotopic (exact) mass is 469 g/mol. The van der Waals surface area contributed by atoms with Crippen molar-refractivity contribution in [2.24, 2.45) is 4.99 Å². The van der Waals surface area contributed by atoms with E-state index in [2.05, 4.69) is 15.3 Å². The predicted octanol–water partition coefficient (Wildman–Crippen LogP) is 1.32. The number of carbonyl (C=O) groups excluding carboxylic acids is 1. The molecule has 3 heterocycles.